The fourth-order valence-electron chi connectivity index (χ4n) is 1.75. The molecule has 14 heavy (non-hydrogen) atoms. The van der Waals surface area contributed by atoms with Gasteiger partial charge in [-0.25, -0.2) is 0 Å². The van der Waals surface area contributed by atoms with Gasteiger partial charge in [-0.15, -0.1) is 12.4 Å². The molecule has 0 radical (unpaired) electrons. The van der Waals surface area contributed by atoms with Crippen LogP contribution in [0.25, 0.3) is 0 Å². The van der Waals surface area contributed by atoms with E-state index in [0.717, 1.165) is 0 Å². The van der Waals surface area contributed by atoms with Gasteiger partial charge in [0.15, 0.2) is 0 Å². The average molecular weight is 214 g/mol. The second-order valence-electron chi connectivity index (χ2n) is 3.76. The summed E-state index contributed by atoms with van der Waals surface area (Å²) in [4.78, 5) is 0. The molecule has 0 amide bonds. The summed E-state index contributed by atoms with van der Waals surface area (Å²) in [5.74, 6) is 0. The molecule has 2 nitrogen and oxygen atoms in total. The Kier molecular flexibility index (Phi) is 3.53. The molecule has 1 aliphatic heterocycles. The first-order valence-corrected chi connectivity index (χ1v) is 4.62. The zero-order valence-electron chi connectivity index (χ0n) is 8.54. The Bertz CT molecular complexity index is 338. The van der Waals surface area contributed by atoms with Crippen molar-refractivity contribution in [3.8, 4) is 0 Å². The summed E-state index contributed by atoms with van der Waals surface area (Å²) >= 11 is 0. The molecule has 78 valence electrons. The number of benzene rings is 1. The minimum Gasteiger partial charge on any atom is -0.375 e. The van der Waals surface area contributed by atoms with E-state index < -0.39 is 0 Å². The first-order chi connectivity index (χ1) is 6.18. The third-order valence-electron chi connectivity index (χ3n) is 2.71. The summed E-state index contributed by atoms with van der Waals surface area (Å²) < 4.78 is 5.38. The Balaban J connectivity index is 0.000000980. The predicted molar refractivity (Wildman–Crippen MR) is 59.7 cm³/mol. The molecule has 1 atom stereocenters. The number of rotatable bonds is 0. The molecule has 1 aromatic carbocycles. The Morgan fingerprint density at radius 2 is 1.93 bits per heavy atom. The second-order valence-corrected chi connectivity index (χ2v) is 3.76. The van der Waals surface area contributed by atoms with Crippen LogP contribution in [0, 0.1) is 13.8 Å². The summed E-state index contributed by atoms with van der Waals surface area (Å²) in [5, 5.41) is 0. The van der Waals surface area contributed by atoms with E-state index in [1.165, 1.54) is 22.3 Å². The molecule has 2 N–H and O–H groups in total. The Morgan fingerprint density at radius 3 is 2.64 bits per heavy atom. The second kappa shape index (κ2) is 4.30. The minimum absolute atomic E-state index is 0. The molecule has 0 aromatic heterocycles. The van der Waals surface area contributed by atoms with E-state index in [1.54, 1.807) is 0 Å². The molecular weight excluding hydrogens is 198 g/mol. The van der Waals surface area contributed by atoms with Gasteiger partial charge in [0.25, 0.3) is 0 Å². The van der Waals surface area contributed by atoms with Gasteiger partial charge < -0.3 is 10.5 Å². The van der Waals surface area contributed by atoms with E-state index >= 15 is 0 Å². The smallest absolute Gasteiger partial charge is 0.0721 e. The highest BCUT2D eigenvalue weighted by Gasteiger charge is 2.17. The number of aryl methyl sites for hydroxylation is 2. The molecule has 0 aliphatic carbocycles. The lowest BCUT2D eigenvalue weighted by Gasteiger charge is -2.23. The van der Waals surface area contributed by atoms with Crippen molar-refractivity contribution in [2.45, 2.75) is 26.5 Å². The van der Waals surface area contributed by atoms with Crippen LogP contribution in [0.5, 0.6) is 0 Å². The minimum atomic E-state index is 0. The van der Waals surface area contributed by atoms with Crippen LogP contribution >= 0.6 is 12.4 Å². The number of ether oxygens (including phenoxy) is 1. The first kappa shape index (κ1) is 11.5. The highest BCUT2D eigenvalue weighted by Crippen LogP contribution is 2.25. The molecule has 0 bridgehead atoms. The zero-order valence-corrected chi connectivity index (χ0v) is 9.36. The summed E-state index contributed by atoms with van der Waals surface area (Å²) in [6.07, 6.45) is 0. The van der Waals surface area contributed by atoms with Crippen LogP contribution in [0.2, 0.25) is 0 Å². The zero-order chi connectivity index (χ0) is 9.42. The van der Waals surface area contributed by atoms with Crippen LogP contribution in [-0.2, 0) is 11.3 Å². The predicted octanol–water partition coefficient (Wildman–Crippen LogP) is 2.26. The lowest BCUT2D eigenvalue weighted by molar-refractivity contribution is 0.0923. The van der Waals surface area contributed by atoms with Gasteiger partial charge in [0, 0.05) is 0 Å². The normalized spacial score (nSPS) is 19.8. The van der Waals surface area contributed by atoms with Crippen molar-refractivity contribution >= 4 is 12.4 Å². The third kappa shape index (κ3) is 1.92. The van der Waals surface area contributed by atoms with E-state index in [-0.39, 0.29) is 18.4 Å². The molecule has 0 fully saturated rings. The highest BCUT2D eigenvalue weighted by atomic mass is 35.5. The largest absolute Gasteiger partial charge is 0.375 e. The van der Waals surface area contributed by atoms with Crippen molar-refractivity contribution in [1.82, 2.24) is 0 Å². The summed E-state index contributed by atoms with van der Waals surface area (Å²) in [5.41, 5.74) is 11.1. The van der Waals surface area contributed by atoms with Crippen molar-refractivity contribution < 1.29 is 4.74 Å². The van der Waals surface area contributed by atoms with Gasteiger partial charge in [0.05, 0.1) is 19.3 Å². The van der Waals surface area contributed by atoms with E-state index in [0.29, 0.717) is 13.2 Å². The number of nitrogens with two attached hydrogens (primary N) is 1. The Labute approximate surface area is 90.9 Å². The first-order valence-electron chi connectivity index (χ1n) is 4.62. The molecule has 1 unspecified atom stereocenters. The van der Waals surface area contributed by atoms with Crippen molar-refractivity contribution in [2.75, 3.05) is 6.61 Å². The molecular formula is C11H16ClNO. The lowest BCUT2D eigenvalue weighted by Crippen LogP contribution is -2.23. The van der Waals surface area contributed by atoms with E-state index in [2.05, 4.69) is 26.0 Å². The van der Waals surface area contributed by atoms with Crippen LogP contribution in [-0.4, -0.2) is 6.61 Å². The third-order valence-corrected chi connectivity index (χ3v) is 2.71. The molecule has 1 heterocycles. The maximum absolute atomic E-state index is 5.94. The van der Waals surface area contributed by atoms with Crippen LogP contribution in [0.4, 0.5) is 0 Å². The van der Waals surface area contributed by atoms with Gasteiger partial charge in [-0.3, -0.25) is 0 Å². The maximum Gasteiger partial charge on any atom is 0.0721 e. The van der Waals surface area contributed by atoms with Gasteiger partial charge in [-0.2, -0.15) is 0 Å². The standard InChI is InChI=1S/C11H15NO.ClH/c1-7-3-9-5-13-6-11(12)10(9)4-8(7)2;/h3-4,11H,5-6,12H2,1-2H3;1H. The fraction of sp³-hybridized carbons (Fsp3) is 0.455. The van der Waals surface area contributed by atoms with Gasteiger partial charge in [0.2, 0.25) is 0 Å². The average Bonchev–Trinajstić information content (AvgIpc) is 2.09. The van der Waals surface area contributed by atoms with E-state index in [1.807, 2.05) is 0 Å². The summed E-state index contributed by atoms with van der Waals surface area (Å²) in [6, 6.07) is 4.43. The number of fused-ring (bicyclic) bond motifs is 1. The summed E-state index contributed by atoms with van der Waals surface area (Å²) in [6.45, 7) is 5.60. The van der Waals surface area contributed by atoms with Crippen molar-refractivity contribution in [3.63, 3.8) is 0 Å². The number of halogens is 1. The van der Waals surface area contributed by atoms with Gasteiger partial charge >= 0.3 is 0 Å². The van der Waals surface area contributed by atoms with Crippen molar-refractivity contribution in [2.24, 2.45) is 5.73 Å². The molecule has 2 rings (SSSR count). The van der Waals surface area contributed by atoms with E-state index in [9.17, 15) is 0 Å². The molecule has 0 saturated carbocycles. The topological polar surface area (TPSA) is 35.2 Å². The molecule has 1 aromatic rings. The lowest BCUT2D eigenvalue weighted by atomic mass is 9.94. The van der Waals surface area contributed by atoms with Crippen LogP contribution in [0.15, 0.2) is 12.1 Å². The highest BCUT2D eigenvalue weighted by molar-refractivity contribution is 5.85. The Hall–Kier alpha value is -0.570. The quantitative estimate of drug-likeness (QED) is 0.718. The SMILES string of the molecule is Cc1cc2c(cc1C)C(N)COC2.Cl. The number of hydrogen-bond acceptors (Lipinski definition) is 2. The molecule has 0 spiro atoms. The molecule has 0 saturated heterocycles. The van der Waals surface area contributed by atoms with Crippen LogP contribution in [0.3, 0.4) is 0 Å². The summed E-state index contributed by atoms with van der Waals surface area (Å²) in [7, 11) is 0. The van der Waals surface area contributed by atoms with Gasteiger partial charge in [0.1, 0.15) is 0 Å². The van der Waals surface area contributed by atoms with Gasteiger partial charge in [-0.1, -0.05) is 12.1 Å². The van der Waals surface area contributed by atoms with E-state index in [4.69, 9.17) is 10.5 Å². The van der Waals surface area contributed by atoms with Gasteiger partial charge in [-0.05, 0) is 36.1 Å². The van der Waals surface area contributed by atoms with Crippen LogP contribution < -0.4 is 5.73 Å². The molecule has 3 heteroatoms. The number of hydrogen-bond donors (Lipinski definition) is 1. The fourth-order valence-corrected chi connectivity index (χ4v) is 1.75. The van der Waals surface area contributed by atoms with Crippen molar-refractivity contribution in [1.29, 1.82) is 0 Å². The Morgan fingerprint density at radius 1 is 1.29 bits per heavy atom. The molecule has 1 aliphatic rings. The van der Waals surface area contributed by atoms with Crippen molar-refractivity contribution in [3.05, 3.63) is 34.4 Å². The van der Waals surface area contributed by atoms with Crippen LogP contribution in [0.1, 0.15) is 28.3 Å². The monoisotopic (exact) mass is 213 g/mol. The maximum atomic E-state index is 5.94.